The van der Waals surface area contributed by atoms with Gasteiger partial charge in [0.1, 0.15) is 17.1 Å². The summed E-state index contributed by atoms with van der Waals surface area (Å²) in [5.74, 6) is 0.622. The zero-order chi connectivity index (χ0) is 14.5. The Balaban J connectivity index is 2.46. The van der Waals surface area contributed by atoms with Crippen LogP contribution in [0.2, 0.25) is 0 Å². The highest BCUT2D eigenvalue weighted by Gasteiger charge is 2.19. The fraction of sp³-hybridized carbons (Fsp3) is 0.143. The number of para-hydroxylation sites is 3. The smallest absolute Gasteiger partial charge is 0.315 e. The molecule has 0 atom stereocenters. The molecule has 2 rings (SSSR count). The molecule has 0 bridgehead atoms. The van der Waals surface area contributed by atoms with Crippen LogP contribution >= 0.6 is 0 Å². The summed E-state index contributed by atoms with van der Waals surface area (Å²) in [4.78, 5) is 10.8. The molecule has 2 aromatic carbocycles. The van der Waals surface area contributed by atoms with Crippen molar-refractivity contribution in [2.45, 2.75) is 0 Å². The van der Waals surface area contributed by atoms with E-state index >= 15 is 0 Å². The lowest BCUT2D eigenvalue weighted by atomic mass is 10.2. The lowest BCUT2D eigenvalue weighted by Gasteiger charge is -2.12. The van der Waals surface area contributed by atoms with Gasteiger partial charge >= 0.3 is 5.69 Å². The van der Waals surface area contributed by atoms with Crippen LogP contribution in [0.4, 0.5) is 22.7 Å². The minimum atomic E-state index is -0.413. The Labute approximate surface area is 116 Å². The molecule has 0 radical (unpaired) electrons. The summed E-state index contributed by atoms with van der Waals surface area (Å²) in [5.41, 5.74) is 1.54. The van der Waals surface area contributed by atoms with Crippen molar-refractivity contribution in [1.82, 2.24) is 0 Å². The first-order valence-electron chi connectivity index (χ1n) is 6.02. The third kappa shape index (κ3) is 2.64. The number of anilines is 3. The van der Waals surface area contributed by atoms with Crippen LogP contribution in [0.3, 0.4) is 0 Å². The molecule has 20 heavy (non-hydrogen) atoms. The van der Waals surface area contributed by atoms with Crippen LogP contribution < -0.4 is 15.4 Å². The fourth-order valence-corrected chi connectivity index (χ4v) is 1.94. The van der Waals surface area contributed by atoms with Crippen molar-refractivity contribution >= 4 is 22.7 Å². The highest BCUT2D eigenvalue weighted by molar-refractivity contribution is 5.80. The Kier molecular flexibility index (Phi) is 4.05. The molecule has 0 spiro atoms. The van der Waals surface area contributed by atoms with Gasteiger partial charge in [0.2, 0.25) is 0 Å². The Hall–Kier alpha value is -2.76. The Morgan fingerprint density at radius 2 is 1.70 bits per heavy atom. The largest absolute Gasteiger partial charge is 0.495 e. The van der Waals surface area contributed by atoms with E-state index in [1.165, 1.54) is 0 Å². The molecular formula is C14H15N3O3. The van der Waals surface area contributed by atoms with Gasteiger partial charge < -0.3 is 15.4 Å². The zero-order valence-electron chi connectivity index (χ0n) is 11.2. The molecule has 6 nitrogen and oxygen atoms in total. The number of nitro benzene ring substituents is 1. The predicted octanol–water partition coefficient (Wildman–Crippen LogP) is 3.39. The second-order valence-corrected chi connectivity index (χ2v) is 4.03. The number of nitro groups is 1. The van der Waals surface area contributed by atoms with Crippen LogP contribution in [-0.2, 0) is 0 Å². The molecule has 2 N–H and O–H groups in total. The number of rotatable bonds is 5. The quantitative estimate of drug-likeness (QED) is 0.645. The van der Waals surface area contributed by atoms with Crippen molar-refractivity contribution in [3.63, 3.8) is 0 Å². The van der Waals surface area contributed by atoms with Gasteiger partial charge in [-0.2, -0.15) is 0 Å². The third-order valence-electron chi connectivity index (χ3n) is 2.86. The summed E-state index contributed by atoms with van der Waals surface area (Å²) in [6.07, 6.45) is 0. The van der Waals surface area contributed by atoms with E-state index in [4.69, 9.17) is 4.74 Å². The SMILES string of the molecule is CNc1cccc(Nc2ccccc2OC)c1[N+](=O)[O-]. The molecule has 0 aliphatic heterocycles. The zero-order valence-corrected chi connectivity index (χ0v) is 11.2. The lowest BCUT2D eigenvalue weighted by Crippen LogP contribution is -2.02. The summed E-state index contributed by atoms with van der Waals surface area (Å²) in [6.45, 7) is 0. The first-order chi connectivity index (χ1) is 9.67. The molecular weight excluding hydrogens is 258 g/mol. The van der Waals surface area contributed by atoms with Gasteiger partial charge in [-0.3, -0.25) is 10.1 Å². The van der Waals surface area contributed by atoms with Crippen molar-refractivity contribution in [3.8, 4) is 5.75 Å². The van der Waals surface area contributed by atoms with Crippen molar-refractivity contribution < 1.29 is 9.66 Å². The molecule has 0 unspecified atom stereocenters. The van der Waals surface area contributed by atoms with Gasteiger partial charge in [-0.15, -0.1) is 0 Å². The first-order valence-corrected chi connectivity index (χ1v) is 6.02. The minimum Gasteiger partial charge on any atom is -0.495 e. The number of hydrogen-bond acceptors (Lipinski definition) is 5. The van der Waals surface area contributed by atoms with Gasteiger partial charge in [0, 0.05) is 7.05 Å². The number of nitrogens with one attached hydrogen (secondary N) is 2. The van der Waals surface area contributed by atoms with E-state index in [1.54, 1.807) is 44.5 Å². The minimum absolute atomic E-state index is 0.000839. The fourth-order valence-electron chi connectivity index (χ4n) is 1.94. The van der Waals surface area contributed by atoms with Crippen LogP contribution in [0.5, 0.6) is 5.75 Å². The molecule has 0 amide bonds. The molecule has 0 aliphatic rings. The molecule has 0 fully saturated rings. The van der Waals surface area contributed by atoms with Crippen molar-refractivity contribution in [1.29, 1.82) is 0 Å². The molecule has 0 saturated carbocycles. The summed E-state index contributed by atoms with van der Waals surface area (Å²) in [5, 5.41) is 17.1. The Morgan fingerprint density at radius 3 is 2.35 bits per heavy atom. The monoisotopic (exact) mass is 273 g/mol. The van der Waals surface area contributed by atoms with Gasteiger partial charge in [0.25, 0.3) is 0 Å². The molecule has 2 aromatic rings. The third-order valence-corrected chi connectivity index (χ3v) is 2.86. The number of hydrogen-bond donors (Lipinski definition) is 2. The van der Waals surface area contributed by atoms with Crippen molar-refractivity contribution in [3.05, 3.63) is 52.6 Å². The van der Waals surface area contributed by atoms with E-state index in [9.17, 15) is 10.1 Å². The van der Waals surface area contributed by atoms with Gasteiger partial charge in [0.15, 0.2) is 0 Å². The van der Waals surface area contributed by atoms with E-state index < -0.39 is 4.92 Å². The topological polar surface area (TPSA) is 76.4 Å². The molecule has 0 aromatic heterocycles. The summed E-state index contributed by atoms with van der Waals surface area (Å²) < 4.78 is 5.23. The molecule has 6 heteroatoms. The van der Waals surface area contributed by atoms with E-state index in [0.29, 0.717) is 22.8 Å². The summed E-state index contributed by atoms with van der Waals surface area (Å²) >= 11 is 0. The average Bonchev–Trinajstić information content (AvgIpc) is 2.47. The summed E-state index contributed by atoms with van der Waals surface area (Å²) in [6, 6.07) is 12.3. The number of methoxy groups -OCH3 is 1. The maximum absolute atomic E-state index is 11.2. The average molecular weight is 273 g/mol. The van der Waals surface area contributed by atoms with E-state index in [1.807, 2.05) is 12.1 Å². The first kappa shape index (κ1) is 13.7. The maximum atomic E-state index is 11.2. The van der Waals surface area contributed by atoms with Crippen LogP contribution in [0, 0.1) is 10.1 Å². The Bertz CT molecular complexity index is 629. The predicted molar refractivity (Wildman–Crippen MR) is 78.9 cm³/mol. The number of nitrogens with zero attached hydrogens (tertiary/aromatic N) is 1. The normalized spacial score (nSPS) is 9.90. The molecule has 0 heterocycles. The van der Waals surface area contributed by atoms with Crippen molar-refractivity contribution in [2.75, 3.05) is 24.8 Å². The Morgan fingerprint density at radius 1 is 1.05 bits per heavy atom. The second-order valence-electron chi connectivity index (χ2n) is 4.03. The van der Waals surface area contributed by atoms with Gasteiger partial charge in [0.05, 0.1) is 17.7 Å². The lowest BCUT2D eigenvalue weighted by molar-refractivity contribution is -0.383. The van der Waals surface area contributed by atoms with E-state index in [-0.39, 0.29) is 5.69 Å². The standard InChI is InChI=1S/C14H15N3O3/c1-15-11-7-5-8-12(14(11)17(18)19)16-10-6-3-4-9-13(10)20-2/h3-9,15-16H,1-2H3. The number of benzene rings is 2. The number of ether oxygens (including phenoxy) is 1. The van der Waals surface area contributed by atoms with Crippen molar-refractivity contribution in [2.24, 2.45) is 0 Å². The molecule has 0 saturated heterocycles. The van der Waals surface area contributed by atoms with Gasteiger partial charge in [-0.05, 0) is 24.3 Å². The highest BCUT2D eigenvalue weighted by atomic mass is 16.6. The molecule has 104 valence electrons. The molecule has 0 aliphatic carbocycles. The van der Waals surface area contributed by atoms with Crippen LogP contribution in [-0.4, -0.2) is 19.1 Å². The summed E-state index contributed by atoms with van der Waals surface area (Å²) in [7, 11) is 3.20. The van der Waals surface area contributed by atoms with Crippen LogP contribution in [0.1, 0.15) is 0 Å². The highest BCUT2D eigenvalue weighted by Crippen LogP contribution is 2.36. The van der Waals surface area contributed by atoms with E-state index in [0.717, 1.165) is 0 Å². The van der Waals surface area contributed by atoms with E-state index in [2.05, 4.69) is 10.6 Å². The second kappa shape index (κ2) is 5.92. The van der Waals surface area contributed by atoms with Crippen LogP contribution in [0.15, 0.2) is 42.5 Å². The van der Waals surface area contributed by atoms with Gasteiger partial charge in [-0.25, -0.2) is 0 Å². The maximum Gasteiger partial charge on any atom is 0.315 e. The van der Waals surface area contributed by atoms with Crippen LogP contribution in [0.25, 0.3) is 0 Å². The van der Waals surface area contributed by atoms with Gasteiger partial charge in [-0.1, -0.05) is 18.2 Å².